The maximum absolute atomic E-state index is 5.87. The Labute approximate surface area is 109 Å². The molecule has 0 aliphatic rings. The standard InChI is InChI=1S/C13H16ClN.ClH/c1-3-15(4-2)10-6-8-12-7-5-9-13(14)11-12;/h5,7,9,11H,3-4,10H2,1-2H3;1H. The Balaban J connectivity index is 0.00000225. The molecule has 1 N–H and O–H groups in total. The van der Waals surface area contributed by atoms with E-state index in [1.54, 1.807) is 0 Å². The van der Waals surface area contributed by atoms with Gasteiger partial charge in [0.25, 0.3) is 0 Å². The average molecular weight is 258 g/mol. The van der Waals surface area contributed by atoms with Crippen molar-refractivity contribution in [2.24, 2.45) is 0 Å². The minimum Gasteiger partial charge on any atom is -1.00 e. The normalized spacial score (nSPS) is 9.25. The second-order valence-electron chi connectivity index (χ2n) is 3.45. The fraction of sp³-hybridized carbons (Fsp3) is 0.385. The van der Waals surface area contributed by atoms with E-state index >= 15 is 0 Å². The number of rotatable bonds is 3. The minimum absolute atomic E-state index is 0. The van der Waals surface area contributed by atoms with E-state index in [4.69, 9.17) is 11.6 Å². The van der Waals surface area contributed by atoms with Gasteiger partial charge in [-0.15, -0.1) is 0 Å². The molecule has 0 unspecified atom stereocenters. The molecule has 0 atom stereocenters. The number of benzene rings is 1. The molecule has 0 amide bonds. The molecule has 0 aliphatic carbocycles. The van der Waals surface area contributed by atoms with Crippen molar-refractivity contribution in [3.05, 3.63) is 34.9 Å². The van der Waals surface area contributed by atoms with Gasteiger partial charge in [0.05, 0.1) is 13.1 Å². The molecule has 0 spiro atoms. The Morgan fingerprint density at radius 2 is 1.94 bits per heavy atom. The predicted octanol–water partition coefficient (Wildman–Crippen LogP) is -1.38. The first-order valence-electron chi connectivity index (χ1n) is 5.34. The van der Waals surface area contributed by atoms with Crippen LogP contribution in [0.4, 0.5) is 0 Å². The van der Waals surface area contributed by atoms with E-state index in [0.29, 0.717) is 0 Å². The lowest BCUT2D eigenvalue weighted by Crippen LogP contribution is -3.11. The van der Waals surface area contributed by atoms with Crippen molar-refractivity contribution >= 4 is 11.6 Å². The highest BCUT2D eigenvalue weighted by atomic mass is 35.5. The zero-order chi connectivity index (χ0) is 11.1. The molecule has 0 heterocycles. The summed E-state index contributed by atoms with van der Waals surface area (Å²) < 4.78 is 0. The lowest BCUT2D eigenvalue weighted by atomic mass is 10.2. The molecule has 1 aromatic carbocycles. The van der Waals surface area contributed by atoms with Crippen molar-refractivity contribution < 1.29 is 17.3 Å². The van der Waals surface area contributed by atoms with Gasteiger partial charge in [0.15, 0.2) is 0 Å². The lowest BCUT2D eigenvalue weighted by Gasteiger charge is -2.10. The predicted molar refractivity (Wildman–Crippen MR) is 65.2 cm³/mol. The number of nitrogens with one attached hydrogen (secondary N) is 1. The molecule has 88 valence electrons. The SMILES string of the molecule is CC[NH+](CC)CC#Cc1cccc(Cl)c1.[Cl-]. The molecular formula is C13H17Cl2N. The van der Waals surface area contributed by atoms with Gasteiger partial charge in [0.1, 0.15) is 6.54 Å². The summed E-state index contributed by atoms with van der Waals surface area (Å²) >= 11 is 5.87. The first kappa shape index (κ1) is 15.3. The van der Waals surface area contributed by atoms with Crippen molar-refractivity contribution in [1.82, 2.24) is 0 Å². The highest BCUT2D eigenvalue weighted by Gasteiger charge is 1.96. The van der Waals surface area contributed by atoms with Gasteiger partial charge in [-0.25, -0.2) is 0 Å². The highest BCUT2D eigenvalue weighted by Crippen LogP contribution is 2.08. The maximum Gasteiger partial charge on any atom is 0.139 e. The van der Waals surface area contributed by atoms with Crippen LogP contribution in [0.5, 0.6) is 0 Å². The molecule has 0 aromatic heterocycles. The summed E-state index contributed by atoms with van der Waals surface area (Å²) in [6.07, 6.45) is 0. The van der Waals surface area contributed by atoms with Gasteiger partial charge in [-0.2, -0.15) is 0 Å². The second-order valence-corrected chi connectivity index (χ2v) is 3.88. The van der Waals surface area contributed by atoms with E-state index in [2.05, 4.69) is 25.7 Å². The molecule has 0 saturated heterocycles. The number of halogens is 2. The van der Waals surface area contributed by atoms with Gasteiger partial charge in [-0.3, -0.25) is 0 Å². The quantitative estimate of drug-likeness (QED) is 0.637. The molecule has 0 fully saturated rings. The fourth-order valence-corrected chi connectivity index (χ4v) is 1.53. The molecule has 1 aromatic rings. The van der Waals surface area contributed by atoms with Gasteiger partial charge in [0, 0.05) is 10.6 Å². The van der Waals surface area contributed by atoms with E-state index in [-0.39, 0.29) is 12.4 Å². The van der Waals surface area contributed by atoms with Crippen molar-refractivity contribution in [3.8, 4) is 11.8 Å². The van der Waals surface area contributed by atoms with Crippen LogP contribution in [-0.4, -0.2) is 19.6 Å². The monoisotopic (exact) mass is 257 g/mol. The third-order valence-electron chi connectivity index (χ3n) is 2.40. The molecule has 3 heteroatoms. The van der Waals surface area contributed by atoms with Crippen LogP contribution < -0.4 is 17.3 Å². The maximum atomic E-state index is 5.87. The van der Waals surface area contributed by atoms with Crippen molar-refractivity contribution in [2.75, 3.05) is 19.6 Å². The summed E-state index contributed by atoms with van der Waals surface area (Å²) in [7, 11) is 0. The van der Waals surface area contributed by atoms with Crippen LogP contribution in [0, 0.1) is 11.8 Å². The van der Waals surface area contributed by atoms with Crippen LogP contribution in [0.2, 0.25) is 5.02 Å². The number of hydrogen-bond acceptors (Lipinski definition) is 0. The van der Waals surface area contributed by atoms with Crippen LogP contribution in [0.25, 0.3) is 0 Å². The fourth-order valence-electron chi connectivity index (χ4n) is 1.34. The first-order chi connectivity index (χ1) is 7.26. The Morgan fingerprint density at radius 3 is 2.50 bits per heavy atom. The van der Waals surface area contributed by atoms with Crippen LogP contribution in [0.1, 0.15) is 19.4 Å². The third-order valence-corrected chi connectivity index (χ3v) is 2.63. The molecule has 0 radical (unpaired) electrons. The Hall–Kier alpha value is -0.680. The van der Waals surface area contributed by atoms with E-state index in [0.717, 1.165) is 30.2 Å². The molecule has 16 heavy (non-hydrogen) atoms. The summed E-state index contributed by atoms with van der Waals surface area (Å²) in [5, 5.41) is 0.747. The molecule has 1 nitrogen and oxygen atoms in total. The van der Waals surface area contributed by atoms with Crippen LogP contribution in [0.15, 0.2) is 24.3 Å². The van der Waals surface area contributed by atoms with Crippen LogP contribution in [0.3, 0.4) is 0 Å². The van der Waals surface area contributed by atoms with Crippen molar-refractivity contribution in [2.45, 2.75) is 13.8 Å². The first-order valence-corrected chi connectivity index (χ1v) is 5.72. The molecule has 1 rings (SSSR count). The van der Waals surface area contributed by atoms with Gasteiger partial charge >= 0.3 is 0 Å². The van der Waals surface area contributed by atoms with E-state index in [1.165, 1.54) is 4.90 Å². The lowest BCUT2D eigenvalue weighted by molar-refractivity contribution is -0.889. The summed E-state index contributed by atoms with van der Waals surface area (Å²) in [6, 6.07) is 7.67. The number of quaternary nitrogens is 1. The Kier molecular flexibility index (Phi) is 8.11. The third kappa shape index (κ3) is 5.42. The summed E-state index contributed by atoms with van der Waals surface area (Å²) in [5.41, 5.74) is 0.994. The van der Waals surface area contributed by atoms with Gasteiger partial charge in [0.2, 0.25) is 0 Å². The molecule has 0 saturated carbocycles. The second kappa shape index (κ2) is 8.47. The van der Waals surface area contributed by atoms with Crippen LogP contribution >= 0.6 is 11.6 Å². The largest absolute Gasteiger partial charge is 1.00 e. The van der Waals surface area contributed by atoms with Crippen LogP contribution in [-0.2, 0) is 0 Å². The smallest absolute Gasteiger partial charge is 0.139 e. The van der Waals surface area contributed by atoms with E-state index in [9.17, 15) is 0 Å². The minimum atomic E-state index is 0. The van der Waals surface area contributed by atoms with Gasteiger partial charge in [-0.1, -0.05) is 23.6 Å². The Bertz CT molecular complexity index is 362. The molecule has 0 bridgehead atoms. The van der Waals surface area contributed by atoms with Gasteiger partial charge in [-0.05, 0) is 38.0 Å². The Morgan fingerprint density at radius 1 is 1.25 bits per heavy atom. The zero-order valence-electron chi connectivity index (χ0n) is 9.69. The summed E-state index contributed by atoms with van der Waals surface area (Å²) in [5.74, 6) is 6.31. The van der Waals surface area contributed by atoms with E-state index < -0.39 is 0 Å². The summed E-state index contributed by atoms with van der Waals surface area (Å²) in [6.45, 7) is 7.51. The highest BCUT2D eigenvalue weighted by molar-refractivity contribution is 6.30. The molecule has 0 aliphatic heterocycles. The van der Waals surface area contributed by atoms with Crippen molar-refractivity contribution in [3.63, 3.8) is 0 Å². The van der Waals surface area contributed by atoms with Gasteiger partial charge < -0.3 is 17.3 Å². The topological polar surface area (TPSA) is 4.44 Å². The summed E-state index contributed by atoms with van der Waals surface area (Å²) in [4.78, 5) is 1.50. The van der Waals surface area contributed by atoms with Crippen molar-refractivity contribution in [1.29, 1.82) is 0 Å². The number of hydrogen-bond donors (Lipinski definition) is 1. The zero-order valence-corrected chi connectivity index (χ0v) is 11.2. The average Bonchev–Trinajstić information content (AvgIpc) is 2.25. The van der Waals surface area contributed by atoms with E-state index in [1.807, 2.05) is 24.3 Å². The molecular weight excluding hydrogens is 241 g/mol.